The van der Waals surface area contributed by atoms with Crippen LogP contribution in [0.2, 0.25) is 0 Å². The topological polar surface area (TPSA) is 48.2 Å². The van der Waals surface area contributed by atoms with Crippen LogP contribution in [0.15, 0.2) is 48.1 Å². The summed E-state index contributed by atoms with van der Waals surface area (Å²) in [7, 11) is 0. The maximum Gasteiger partial charge on any atom is 0.108 e. The lowest BCUT2D eigenvalue weighted by Crippen LogP contribution is -2.09. The highest BCUT2D eigenvalue weighted by atomic mass is 15.3. The van der Waals surface area contributed by atoms with Gasteiger partial charge in [0.1, 0.15) is 5.71 Å². The Hall–Kier alpha value is -2.16. The van der Waals surface area contributed by atoms with Gasteiger partial charge in [0.15, 0.2) is 0 Å². The van der Waals surface area contributed by atoms with Gasteiger partial charge in [-0.25, -0.2) is 0 Å². The third-order valence-corrected chi connectivity index (χ3v) is 2.49. The molecule has 0 fully saturated rings. The van der Waals surface area contributed by atoms with Crippen LogP contribution in [0, 0.1) is 19.3 Å². The van der Waals surface area contributed by atoms with E-state index in [0.717, 1.165) is 11.3 Å². The Morgan fingerprint density at radius 3 is 2.50 bits per heavy atom. The van der Waals surface area contributed by atoms with Crippen LogP contribution in [0.4, 0.5) is 5.69 Å². The van der Waals surface area contributed by atoms with Gasteiger partial charge < -0.3 is 0 Å². The summed E-state index contributed by atoms with van der Waals surface area (Å²) in [6, 6.07) is 6.12. The molecule has 0 radical (unpaired) electrons. The van der Waals surface area contributed by atoms with Crippen molar-refractivity contribution in [2.75, 3.05) is 5.43 Å². The molecule has 0 amide bonds. The Kier molecular flexibility index (Phi) is 8.68. The van der Waals surface area contributed by atoms with Crippen molar-refractivity contribution < 1.29 is 0 Å². The Labute approximate surface area is 122 Å². The summed E-state index contributed by atoms with van der Waals surface area (Å²) in [5, 5.41) is 12.0. The molecule has 20 heavy (non-hydrogen) atoms. The van der Waals surface area contributed by atoms with E-state index in [0.29, 0.717) is 11.4 Å². The molecule has 0 aliphatic carbocycles. The van der Waals surface area contributed by atoms with Gasteiger partial charge in [0, 0.05) is 0 Å². The maximum absolute atomic E-state index is 7.78. The molecule has 1 aromatic carbocycles. The van der Waals surface area contributed by atoms with E-state index in [2.05, 4.69) is 23.2 Å². The van der Waals surface area contributed by atoms with Crippen molar-refractivity contribution in [2.45, 2.75) is 34.6 Å². The van der Waals surface area contributed by atoms with E-state index in [1.807, 2.05) is 46.8 Å². The minimum absolute atomic E-state index is 0.338. The minimum Gasteiger partial charge on any atom is -0.299 e. The van der Waals surface area contributed by atoms with Gasteiger partial charge in [-0.2, -0.15) is 5.10 Å². The molecular formula is C17H25N3. The number of hydrogen-bond acceptors (Lipinski definition) is 3. The Balaban J connectivity index is 0.00000172. The minimum atomic E-state index is 0.338. The first-order valence-corrected chi connectivity index (χ1v) is 6.83. The third-order valence-electron chi connectivity index (χ3n) is 2.49. The van der Waals surface area contributed by atoms with Gasteiger partial charge in [-0.3, -0.25) is 10.8 Å². The van der Waals surface area contributed by atoms with Gasteiger partial charge in [0.05, 0.1) is 11.4 Å². The molecule has 108 valence electrons. The second kappa shape index (κ2) is 9.73. The van der Waals surface area contributed by atoms with Gasteiger partial charge in [-0.1, -0.05) is 38.6 Å². The summed E-state index contributed by atoms with van der Waals surface area (Å²) in [6.07, 6.45) is 5.06. The number of hydrogen-bond donors (Lipinski definition) is 2. The Bertz CT molecular complexity index is 511. The normalized spacial score (nSPS) is 10.8. The molecule has 0 bridgehead atoms. The summed E-state index contributed by atoms with van der Waals surface area (Å²) in [6.45, 7) is 13.6. The first-order chi connectivity index (χ1) is 9.58. The average Bonchev–Trinajstić information content (AvgIpc) is 2.45. The van der Waals surface area contributed by atoms with E-state index in [9.17, 15) is 0 Å². The molecule has 2 N–H and O–H groups in total. The monoisotopic (exact) mass is 271 g/mol. The van der Waals surface area contributed by atoms with Gasteiger partial charge in [0.2, 0.25) is 0 Å². The van der Waals surface area contributed by atoms with Gasteiger partial charge in [0.25, 0.3) is 0 Å². The lowest BCUT2D eigenvalue weighted by molar-refractivity contribution is 1.29. The summed E-state index contributed by atoms with van der Waals surface area (Å²) < 4.78 is 0. The highest BCUT2D eigenvalue weighted by Gasteiger charge is 2.00. The van der Waals surface area contributed by atoms with Crippen molar-refractivity contribution >= 4 is 17.1 Å². The molecular weight excluding hydrogens is 246 g/mol. The van der Waals surface area contributed by atoms with Crippen LogP contribution < -0.4 is 5.43 Å². The van der Waals surface area contributed by atoms with Crippen LogP contribution in [0.1, 0.15) is 31.9 Å². The number of rotatable bonds is 5. The fourth-order valence-corrected chi connectivity index (χ4v) is 1.44. The van der Waals surface area contributed by atoms with E-state index in [1.165, 1.54) is 5.56 Å². The van der Waals surface area contributed by atoms with E-state index in [-0.39, 0.29) is 0 Å². The lowest BCUT2D eigenvalue weighted by Gasteiger charge is -2.07. The standard InChI is InChI=1S/C15H19N3.C2H6/c1-5-7-13(16)14(6-2)17-18-15-10-11(3)8-9-12(15)4;1-2/h5-10,16,18H,2H2,1,3-4H3;1-2H3/b7-5-,16-13?,17-14-;. The molecule has 0 saturated carbocycles. The summed E-state index contributed by atoms with van der Waals surface area (Å²) in [5.74, 6) is 0. The number of aryl methyl sites for hydroxylation is 2. The van der Waals surface area contributed by atoms with Crippen molar-refractivity contribution in [1.29, 1.82) is 5.41 Å². The van der Waals surface area contributed by atoms with Crippen LogP contribution in [-0.4, -0.2) is 11.4 Å². The number of allylic oxidation sites excluding steroid dienone is 3. The molecule has 0 unspecified atom stereocenters. The summed E-state index contributed by atoms with van der Waals surface area (Å²) in [4.78, 5) is 0. The zero-order valence-electron chi connectivity index (χ0n) is 13.1. The van der Waals surface area contributed by atoms with E-state index in [4.69, 9.17) is 5.41 Å². The fourth-order valence-electron chi connectivity index (χ4n) is 1.44. The SMILES string of the molecule is C=C/C(=N/Nc1cc(C)ccc1C)C(=N)/C=C\C.CC. The quantitative estimate of drug-likeness (QED) is 0.582. The number of nitrogens with one attached hydrogen (secondary N) is 2. The van der Waals surface area contributed by atoms with E-state index in [1.54, 1.807) is 18.2 Å². The zero-order chi connectivity index (χ0) is 15.5. The predicted molar refractivity (Wildman–Crippen MR) is 91.1 cm³/mol. The average molecular weight is 271 g/mol. The smallest absolute Gasteiger partial charge is 0.108 e. The molecule has 1 rings (SSSR count). The van der Waals surface area contributed by atoms with Crippen molar-refractivity contribution in [3.05, 3.63) is 54.1 Å². The predicted octanol–water partition coefficient (Wildman–Crippen LogP) is 4.88. The molecule has 0 saturated heterocycles. The van der Waals surface area contributed by atoms with Gasteiger partial charge in [-0.15, -0.1) is 0 Å². The number of nitrogens with zero attached hydrogens (tertiary/aromatic N) is 1. The maximum atomic E-state index is 7.78. The van der Waals surface area contributed by atoms with Crippen molar-refractivity contribution in [1.82, 2.24) is 0 Å². The highest BCUT2D eigenvalue weighted by Crippen LogP contribution is 2.16. The summed E-state index contributed by atoms with van der Waals surface area (Å²) in [5.41, 5.74) is 7.08. The molecule has 0 aliphatic rings. The van der Waals surface area contributed by atoms with Crippen molar-refractivity contribution in [2.24, 2.45) is 5.10 Å². The Morgan fingerprint density at radius 2 is 1.95 bits per heavy atom. The van der Waals surface area contributed by atoms with Crippen LogP contribution in [0.5, 0.6) is 0 Å². The zero-order valence-corrected chi connectivity index (χ0v) is 13.1. The molecule has 3 nitrogen and oxygen atoms in total. The van der Waals surface area contributed by atoms with Crippen molar-refractivity contribution in [3.8, 4) is 0 Å². The highest BCUT2D eigenvalue weighted by molar-refractivity contribution is 6.49. The van der Waals surface area contributed by atoms with Crippen LogP contribution in [0.25, 0.3) is 0 Å². The van der Waals surface area contributed by atoms with E-state index >= 15 is 0 Å². The number of anilines is 1. The first kappa shape index (κ1) is 17.8. The molecule has 0 aliphatic heterocycles. The van der Waals surface area contributed by atoms with Crippen LogP contribution in [0.3, 0.4) is 0 Å². The Morgan fingerprint density at radius 1 is 1.30 bits per heavy atom. The molecule has 0 aromatic heterocycles. The second-order valence-corrected chi connectivity index (χ2v) is 4.05. The fraction of sp³-hybridized carbons (Fsp3) is 0.294. The molecule has 0 heterocycles. The molecule has 3 heteroatoms. The largest absolute Gasteiger partial charge is 0.299 e. The number of hydrazone groups is 1. The van der Waals surface area contributed by atoms with Gasteiger partial charge in [-0.05, 0) is 50.1 Å². The van der Waals surface area contributed by atoms with Crippen LogP contribution >= 0.6 is 0 Å². The molecule has 0 spiro atoms. The molecule has 1 aromatic rings. The third kappa shape index (κ3) is 5.65. The van der Waals surface area contributed by atoms with Crippen molar-refractivity contribution in [3.63, 3.8) is 0 Å². The lowest BCUT2D eigenvalue weighted by atomic mass is 10.1. The van der Waals surface area contributed by atoms with Gasteiger partial charge >= 0.3 is 0 Å². The van der Waals surface area contributed by atoms with E-state index < -0.39 is 0 Å². The summed E-state index contributed by atoms with van der Waals surface area (Å²) >= 11 is 0. The second-order valence-electron chi connectivity index (χ2n) is 4.05. The number of benzene rings is 1. The van der Waals surface area contributed by atoms with Crippen LogP contribution in [-0.2, 0) is 0 Å². The first-order valence-electron chi connectivity index (χ1n) is 6.83. The molecule has 0 atom stereocenters.